The van der Waals surface area contributed by atoms with Crippen molar-refractivity contribution in [2.45, 2.75) is 45.3 Å². The summed E-state index contributed by atoms with van der Waals surface area (Å²) in [5.74, 6) is 0.187. The van der Waals surface area contributed by atoms with Crippen molar-refractivity contribution in [3.8, 4) is 0 Å². The van der Waals surface area contributed by atoms with Crippen LogP contribution < -0.4 is 10.6 Å². The fourth-order valence-corrected chi connectivity index (χ4v) is 3.11. The van der Waals surface area contributed by atoms with Gasteiger partial charge in [0.1, 0.15) is 0 Å². The number of nitrogens with one attached hydrogen (secondary N) is 2. The summed E-state index contributed by atoms with van der Waals surface area (Å²) in [6, 6.07) is 10.3. The average molecular weight is 333 g/mol. The number of hydrogen-bond acceptors (Lipinski definition) is 3. The summed E-state index contributed by atoms with van der Waals surface area (Å²) in [4.78, 5) is 14.5. The molecule has 24 heavy (non-hydrogen) atoms. The van der Waals surface area contributed by atoms with Crippen molar-refractivity contribution in [1.82, 2.24) is 15.5 Å². The molecule has 3 unspecified atom stereocenters. The summed E-state index contributed by atoms with van der Waals surface area (Å²) in [5, 5.41) is 15.7. The van der Waals surface area contributed by atoms with Crippen molar-refractivity contribution in [3.05, 3.63) is 35.9 Å². The zero-order valence-corrected chi connectivity index (χ0v) is 14.9. The molecule has 5 nitrogen and oxygen atoms in total. The molecule has 1 aromatic rings. The lowest BCUT2D eigenvalue weighted by molar-refractivity contribution is 0.114. The van der Waals surface area contributed by atoms with Crippen LogP contribution in [0.3, 0.4) is 0 Å². The monoisotopic (exact) mass is 333 g/mol. The number of carbonyl (C=O) groups is 1. The third-order valence-electron chi connectivity index (χ3n) is 4.99. The van der Waals surface area contributed by atoms with E-state index in [0.29, 0.717) is 13.1 Å². The van der Waals surface area contributed by atoms with Gasteiger partial charge in [-0.25, -0.2) is 4.79 Å². The van der Waals surface area contributed by atoms with Crippen LogP contribution in [0.15, 0.2) is 30.3 Å². The molecule has 0 saturated carbocycles. The Kier molecular flexibility index (Phi) is 7.53. The first-order valence-electron chi connectivity index (χ1n) is 9.10. The Bertz CT molecular complexity index is 489. The average Bonchev–Trinajstić information content (AvgIpc) is 3.14. The van der Waals surface area contributed by atoms with Crippen LogP contribution in [-0.4, -0.2) is 48.3 Å². The maximum atomic E-state index is 12.1. The van der Waals surface area contributed by atoms with Gasteiger partial charge in [-0.3, -0.25) is 4.90 Å². The first kappa shape index (κ1) is 18.7. The molecule has 0 aliphatic carbocycles. The fraction of sp³-hybridized carbons (Fsp3) is 0.632. The molecular formula is C19H31N3O2. The van der Waals surface area contributed by atoms with Gasteiger partial charge in [0.2, 0.25) is 0 Å². The first-order valence-corrected chi connectivity index (χ1v) is 9.10. The molecule has 1 fully saturated rings. The molecule has 3 atom stereocenters. The van der Waals surface area contributed by atoms with E-state index in [2.05, 4.69) is 27.7 Å². The molecule has 3 N–H and O–H groups in total. The Hall–Kier alpha value is -1.59. The molecule has 0 radical (unpaired) electrons. The minimum absolute atomic E-state index is 0.187. The largest absolute Gasteiger partial charge is 0.391 e. The molecule has 1 saturated heterocycles. The van der Waals surface area contributed by atoms with Gasteiger partial charge >= 0.3 is 6.03 Å². The van der Waals surface area contributed by atoms with Gasteiger partial charge in [0.25, 0.3) is 0 Å². The summed E-state index contributed by atoms with van der Waals surface area (Å²) in [7, 11) is 0. The molecule has 1 aliphatic rings. The highest BCUT2D eigenvalue weighted by Gasteiger charge is 2.23. The Balaban J connectivity index is 1.85. The quantitative estimate of drug-likeness (QED) is 0.685. The minimum atomic E-state index is -0.496. The number of benzene rings is 1. The topological polar surface area (TPSA) is 64.6 Å². The number of urea groups is 1. The van der Waals surface area contributed by atoms with Crippen LogP contribution in [0.1, 0.15) is 44.7 Å². The number of rotatable bonds is 8. The summed E-state index contributed by atoms with van der Waals surface area (Å²) in [6.07, 6.45) is 2.84. The van der Waals surface area contributed by atoms with Gasteiger partial charge in [-0.2, -0.15) is 0 Å². The first-order chi connectivity index (χ1) is 11.6. The smallest absolute Gasteiger partial charge is 0.314 e. The number of amides is 2. The van der Waals surface area contributed by atoms with E-state index in [1.807, 2.05) is 32.0 Å². The van der Waals surface area contributed by atoms with E-state index < -0.39 is 6.10 Å². The summed E-state index contributed by atoms with van der Waals surface area (Å²) < 4.78 is 0. The van der Waals surface area contributed by atoms with Gasteiger partial charge in [0, 0.05) is 13.1 Å². The van der Waals surface area contributed by atoms with Crippen molar-refractivity contribution >= 4 is 6.03 Å². The van der Waals surface area contributed by atoms with Crippen molar-refractivity contribution in [2.24, 2.45) is 5.92 Å². The second kappa shape index (κ2) is 9.64. The van der Waals surface area contributed by atoms with Gasteiger partial charge in [0.05, 0.1) is 12.1 Å². The van der Waals surface area contributed by atoms with Gasteiger partial charge < -0.3 is 15.7 Å². The summed E-state index contributed by atoms with van der Waals surface area (Å²) in [5.41, 5.74) is 1.24. The molecule has 1 heterocycles. The van der Waals surface area contributed by atoms with Gasteiger partial charge in [0.15, 0.2) is 0 Å². The molecule has 1 aliphatic heterocycles. The van der Waals surface area contributed by atoms with Crippen LogP contribution >= 0.6 is 0 Å². The summed E-state index contributed by atoms with van der Waals surface area (Å²) in [6.45, 7) is 7.05. The predicted molar refractivity (Wildman–Crippen MR) is 96.9 cm³/mol. The maximum absolute atomic E-state index is 12.1. The number of hydrogen-bond donors (Lipinski definition) is 3. The lowest BCUT2D eigenvalue weighted by Gasteiger charge is -2.28. The Morgan fingerprint density at radius 3 is 2.42 bits per heavy atom. The third kappa shape index (κ3) is 5.49. The van der Waals surface area contributed by atoms with Gasteiger partial charge in [-0.1, -0.05) is 50.6 Å². The highest BCUT2D eigenvalue weighted by atomic mass is 16.3. The lowest BCUT2D eigenvalue weighted by Crippen LogP contribution is -2.44. The molecule has 1 aromatic carbocycles. The van der Waals surface area contributed by atoms with E-state index in [0.717, 1.165) is 19.5 Å². The van der Waals surface area contributed by atoms with Crippen LogP contribution in [0.4, 0.5) is 4.79 Å². The van der Waals surface area contributed by atoms with Crippen LogP contribution in [0.25, 0.3) is 0 Å². The van der Waals surface area contributed by atoms with Crippen LogP contribution in [0, 0.1) is 5.92 Å². The van der Waals surface area contributed by atoms with Crippen molar-refractivity contribution in [3.63, 3.8) is 0 Å². The zero-order valence-electron chi connectivity index (χ0n) is 14.9. The Morgan fingerprint density at radius 1 is 1.17 bits per heavy atom. The number of nitrogens with zero attached hydrogens (tertiary/aromatic N) is 1. The zero-order chi connectivity index (χ0) is 17.4. The van der Waals surface area contributed by atoms with Crippen LogP contribution in [-0.2, 0) is 0 Å². The minimum Gasteiger partial charge on any atom is -0.391 e. The lowest BCUT2D eigenvalue weighted by atomic mass is 10.0. The molecule has 2 rings (SSSR count). The summed E-state index contributed by atoms with van der Waals surface area (Å²) >= 11 is 0. The van der Waals surface area contributed by atoms with Crippen LogP contribution in [0.5, 0.6) is 0 Å². The molecule has 0 bridgehead atoms. The highest BCUT2D eigenvalue weighted by Crippen LogP contribution is 2.24. The van der Waals surface area contributed by atoms with Crippen molar-refractivity contribution in [1.29, 1.82) is 0 Å². The molecule has 0 aromatic heterocycles. The van der Waals surface area contributed by atoms with Crippen molar-refractivity contribution < 1.29 is 9.90 Å². The SMILES string of the molecule is CCC(C)C(O)CNC(=O)NCC(c1ccccc1)N1CCCC1. The fourth-order valence-electron chi connectivity index (χ4n) is 3.11. The van der Waals surface area contributed by atoms with E-state index >= 15 is 0 Å². The molecule has 134 valence electrons. The standard InChI is InChI=1S/C19H31N3O2/c1-3-15(2)18(23)14-21-19(24)20-13-17(22-11-7-8-12-22)16-9-5-4-6-10-16/h4-6,9-10,15,17-18,23H,3,7-8,11-14H2,1-2H3,(H2,20,21,24). The normalized spacial score (nSPS) is 18.8. The van der Waals surface area contributed by atoms with Crippen LogP contribution in [0.2, 0.25) is 0 Å². The molecule has 2 amide bonds. The van der Waals surface area contributed by atoms with Gasteiger partial charge in [-0.05, 0) is 37.4 Å². The molecule has 0 spiro atoms. The van der Waals surface area contributed by atoms with Crippen molar-refractivity contribution in [2.75, 3.05) is 26.2 Å². The predicted octanol–water partition coefficient (Wildman–Crippen LogP) is 2.53. The Morgan fingerprint density at radius 2 is 1.79 bits per heavy atom. The van der Waals surface area contributed by atoms with E-state index in [9.17, 15) is 9.90 Å². The van der Waals surface area contributed by atoms with E-state index in [1.165, 1.54) is 18.4 Å². The third-order valence-corrected chi connectivity index (χ3v) is 4.99. The van der Waals surface area contributed by atoms with E-state index in [4.69, 9.17) is 0 Å². The molecule has 5 heteroatoms. The van der Waals surface area contributed by atoms with E-state index in [-0.39, 0.29) is 18.0 Å². The number of aliphatic hydroxyl groups excluding tert-OH is 1. The second-order valence-corrected chi connectivity index (χ2v) is 6.71. The molecular weight excluding hydrogens is 302 g/mol. The maximum Gasteiger partial charge on any atom is 0.314 e. The number of likely N-dealkylation sites (tertiary alicyclic amines) is 1. The highest BCUT2D eigenvalue weighted by molar-refractivity contribution is 5.73. The second-order valence-electron chi connectivity index (χ2n) is 6.71. The van der Waals surface area contributed by atoms with Gasteiger partial charge in [-0.15, -0.1) is 0 Å². The van der Waals surface area contributed by atoms with E-state index in [1.54, 1.807) is 0 Å². The Labute approximate surface area is 145 Å². The number of carbonyl (C=O) groups excluding carboxylic acids is 1. The number of aliphatic hydroxyl groups is 1.